The van der Waals surface area contributed by atoms with Crippen molar-refractivity contribution in [2.24, 2.45) is 0 Å². The summed E-state index contributed by atoms with van der Waals surface area (Å²) in [6.45, 7) is 2.22. The molecule has 0 unspecified atom stereocenters. The molecule has 1 aliphatic rings. The number of fused-ring (bicyclic) bond motifs is 1. The van der Waals surface area contributed by atoms with Crippen LogP contribution in [-0.2, 0) is 13.1 Å². The van der Waals surface area contributed by atoms with Crippen molar-refractivity contribution in [3.05, 3.63) is 78.4 Å². The van der Waals surface area contributed by atoms with Gasteiger partial charge in [0.1, 0.15) is 5.82 Å². The third kappa shape index (κ3) is 3.00. The Balaban J connectivity index is 1.36. The molecule has 6 nitrogen and oxygen atoms in total. The largest absolute Gasteiger partial charge is 0.346 e. The van der Waals surface area contributed by atoms with E-state index in [0.29, 0.717) is 6.54 Å². The minimum atomic E-state index is -0.263. The molecule has 5 rings (SSSR count). The fraction of sp³-hybridized carbons (Fsp3) is 0.143. The average Bonchev–Trinajstić information content (AvgIpc) is 3.18. The molecule has 138 valence electrons. The summed E-state index contributed by atoms with van der Waals surface area (Å²) in [5.41, 5.74) is 2.62. The topological polar surface area (TPSA) is 59.7 Å². The fourth-order valence-electron chi connectivity index (χ4n) is 3.42. The second kappa shape index (κ2) is 6.84. The van der Waals surface area contributed by atoms with E-state index >= 15 is 0 Å². The zero-order valence-electron chi connectivity index (χ0n) is 15.0. The molecule has 0 spiro atoms. The Labute approximate surface area is 161 Å². The lowest BCUT2D eigenvalue weighted by atomic mass is 10.1. The predicted octanol–water partition coefficient (Wildman–Crippen LogP) is 3.56. The normalized spacial score (nSPS) is 13.4. The number of hydrogen-bond donors (Lipinski definition) is 0. The zero-order chi connectivity index (χ0) is 18.9. The van der Waals surface area contributed by atoms with Gasteiger partial charge in [0.15, 0.2) is 17.5 Å². The molecule has 0 bridgehead atoms. The molecule has 1 aliphatic heterocycles. The van der Waals surface area contributed by atoms with Crippen LogP contribution in [0.3, 0.4) is 0 Å². The predicted molar refractivity (Wildman–Crippen MR) is 104 cm³/mol. The lowest BCUT2D eigenvalue weighted by Gasteiger charge is -2.28. The minimum Gasteiger partial charge on any atom is -0.346 e. The summed E-state index contributed by atoms with van der Waals surface area (Å²) in [7, 11) is 0. The fourth-order valence-corrected chi connectivity index (χ4v) is 3.42. The van der Waals surface area contributed by atoms with Crippen LogP contribution in [0.4, 0.5) is 10.2 Å². The highest BCUT2D eigenvalue weighted by Crippen LogP contribution is 2.25. The third-order valence-corrected chi connectivity index (χ3v) is 4.90. The number of halogens is 1. The molecule has 0 radical (unpaired) electrons. The van der Waals surface area contributed by atoms with Crippen molar-refractivity contribution >= 4 is 5.82 Å². The van der Waals surface area contributed by atoms with Crippen LogP contribution in [0.2, 0.25) is 0 Å². The summed E-state index contributed by atoms with van der Waals surface area (Å²) in [5.74, 6) is 2.34. The second-order valence-corrected chi connectivity index (χ2v) is 6.66. The highest BCUT2D eigenvalue weighted by atomic mass is 19.1. The molecule has 0 saturated heterocycles. The number of anilines is 1. The monoisotopic (exact) mass is 372 g/mol. The maximum Gasteiger partial charge on any atom is 0.164 e. The number of aromatic nitrogens is 5. The van der Waals surface area contributed by atoms with Gasteiger partial charge < -0.3 is 9.47 Å². The van der Waals surface area contributed by atoms with Gasteiger partial charge in [0.25, 0.3) is 0 Å². The van der Waals surface area contributed by atoms with Gasteiger partial charge in [-0.1, -0.05) is 30.3 Å². The van der Waals surface area contributed by atoms with Crippen LogP contribution in [0.5, 0.6) is 0 Å². The van der Waals surface area contributed by atoms with E-state index < -0.39 is 0 Å². The summed E-state index contributed by atoms with van der Waals surface area (Å²) in [4.78, 5) is 2.14. The lowest BCUT2D eigenvalue weighted by molar-refractivity contribution is 0.558. The van der Waals surface area contributed by atoms with E-state index in [4.69, 9.17) is 0 Å². The summed E-state index contributed by atoms with van der Waals surface area (Å²) < 4.78 is 15.2. The molecule has 7 heteroatoms. The molecule has 28 heavy (non-hydrogen) atoms. The van der Waals surface area contributed by atoms with Crippen molar-refractivity contribution < 1.29 is 4.39 Å². The van der Waals surface area contributed by atoms with Crippen LogP contribution in [0, 0.1) is 5.82 Å². The number of rotatable bonds is 3. The molecule has 0 aliphatic carbocycles. The molecular weight excluding hydrogens is 355 g/mol. The molecule has 2 aromatic carbocycles. The minimum absolute atomic E-state index is 0.263. The molecule has 2 aromatic heterocycles. The Hall–Kier alpha value is -3.61. The van der Waals surface area contributed by atoms with Gasteiger partial charge in [-0.05, 0) is 36.4 Å². The molecule has 0 fully saturated rings. The van der Waals surface area contributed by atoms with Gasteiger partial charge in [-0.2, -0.15) is 0 Å². The Kier molecular flexibility index (Phi) is 4.05. The SMILES string of the molecule is Fc1ccc(-c2ccc(N3CCn4c(nnc4-c4ccccc4)C3)nn2)cc1. The Morgan fingerprint density at radius 2 is 1.54 bits per heavy atom. The van der Waals surface area contributed by atoms with Gasteiger partial charge in [-0.25, -0.2) is 4.39 Å². The molecule has 4 aromatic rings. The lowest BCUT2D eigenvalue weighted by Crippen LogP contribution is -2.34. The molecular formula is C21H17FN6. The quantitative estimate of drug-likeness (QED) is 0.550. The highest BCUT2D eigenvalue weighted by molar-refractivity contribution is 5.60. The first-order valence-electron chi connectivity index (χ1n) is 9.10. The van der Waals surface area contributed by atoms with Crippen molar-refractivity contribution in [2.45, 2.75) is 13.1 Å². The van der Waals surface area contributed by atoms with E-state index in [1.807, 2.05) is 42.5 Å². The second-order valence-electron chi connectivity index (χ2n) is 6.66. The van der Waals surface area contributed by atoms with Crippen molar-refractivity contribution in [3.63, 3.8) is 0 Å². The summed E-state index contributed by atoms with van der Waals surface area (Å²) in [6, 6.07) is 20.2. The number of nitrogens with zero attached hydrogens (tertiary/aromatic N) is 6. The van der Waals surface area contributed by atoms with Gasteiger partial charge in [-0.15, -0.1) is 20.4 Å². The molecule has 0 amide bonds. The van der Waals surface area contributed by atoms with Gasteiger partial charge in [0, 0.05) is 24.2 Å². The first kappa shape index (κ1) is 16.6. The summed E-state index contributed by atoms with van der Waals surface area (Å²) in [5, 5.41) is 17.4. The van der Waals surface area contributed by atoms with E-state index in [1.165, 1.54) is 12.1 Å². The Morgan fingerprint density at radius 1 is 0.714 bits per heavy atom. The van der Waals surface area contributed by atoms with Gasteiger partial charge >= 0.3 is 0 Å². The maximum atomic E-state index is 13.1. The summed E-state index contributed by atoms with van der Waals surface area (Å²) in [6.07, 6.45) is 0. The van der Waals surface area contributed by atoms with Crippen LogP contribution in [0.1, 0.15) is 5.82 Å². The van der Waals surface area contributed by atoms with E-state index in [9.17, 15) is 4.39 Å². The zero-order valence-corrected chi connectivity index (χ0v) is 15.0. The van der Waals surface area contributed by atoms with Crippen LogP contribution < -0.4 is 4.90 Å². The van der Waals surface area contributed by atoms with Crippen molar-refractivity contribution in [1.82, 2.24) is 25.0 Å². The van der Waals surface area contributed by atoms with Crippen LogP contribution in [-0.4, -0.2) is 31.5 Å². The van der Waals surface area contributed by atoms with Gasteiger partial charge in [0.05, 0.1) is 12.2 Å². The number of benzene rings is 2. The first-order chi connectivity index (χ1) is 13.8. The molecule has 0 N–H and O–H groups in total. The average molecular weight is 372 g/mol. The van der Waals surface area contributed by atoms with Gasteiger partial charge in [-0.3, -0.25) is 0 Å². The standard InChI is InChI=1S/C21H17FN6/c22-17-8-6-15(7-9-17)18-10-11-19(24-23-18)27-12-13-28-20(14-27)25-26-21(28)16-4-2-1-3-5-16/h1-11H,12-14H2. The van der Waals surface area contributed by atoms with Crippen LogP contribution in [0.15, 0.2) is 66.7 Å². The van der Waals surface area contributed by atoms with E-state index in [2.05, 4.69) is 29.9 Å². The number of hydrogen-bond acceptors (Lipinski definition) is 5. The highest BCUT2D eigenvalue weighted by Gasteiger charge is 2.23. The molecule has 3 heterocycles. The van der Waals surface area contributed by atoms with Crippen molar-refractivity contribution in [3.8, 4) is 22.6 Å². The van der Waals surface area contributed by atoms with Gasteiger partial charge in [0.2, 0.25) is 0 Å². The van der Waals surface area contributed by atoms with Crippen LogP contribution in [0.25, 0.3) is 22.6 Å². The smallest absolute Gasteiger partial charge is 0.164 e. The first-order valence-corrected chi connectivity index (χ1v) is 9.10. The van der Waals surface area contributed by atoms with E-state index in [1.54, 1.807) is 12.1 Å². The van der Waals surface area contributed by atoms with Crippen molar-refractivity contribution in [2.75, 3.05) is 11.4 Å². The third-order valence-electron chi connectivity index (χ3n) is 4.90. The Morgan fingerprint density at radius 3 is 2.29 bits per heavy atom. The maximum absolute atomic E-state index is 13.1. The van der Waals surface area contributed by atoms with E-state index in [0.717, 1.165) is 47.4 Å². The van der Waals surface area contributed by atoms with E-state index in [-0.39, 0.29) is 5.82 Å². The summed E-state index contributed by atoms with van der Waals surface area (Å²) >= 11 is 0. The molecule has 0 atom stereocenters. The Bertz CT molecular complexity index is 1090. The van der Waals surface area contributed by atoms with Crippen molar-refractivity contribution in [1.29, 1.82) is 0 Å². The molecule has 0 saturated carbocycles. The van der Waals surface area contributed by atoms with Crippen LogP contribution >= 0.6 is 0 Å².